The summed E-state index contributed by atoms with van der Waals surface area (Å²) in [6, 6.07) is 16.6. The Morgan fingerprint density at radius 3 is 2.74 bits per heavy atom. The minimum atomic E-state index is -0.458. The van der Waals surface area contributed by atoms with Gasteiger partial charge in [0.2, 0.25) is 0 Å². The van der Waals surface area contributed by atoms with Crippen LogP contribution in [0.25, 0.3) is 22.0 Å². The van der Waals surface area contributed by atoms with Gasteiger partial charge in [0.1, 0.15) is 5.75 Å². The Morgan fingerprint density at radius 2 is 1.98 bits per heavy atom. The third-order valence-electron chi connectivity index (χ3n) is 8.72. The molecule has 1 saturated carbocycles. The van der Waals surface area contributed by atoms with E-state index in [1.807, 2.05) is 49.8 Å². The molecule has 2 saturated heterocycles. The van der Waals surface area contributed by atoms with E-state index in [4.69, 9.17) is 14.5 Å². The molecule has 2 aliphatic heterocycles. The zero-order valence-corrected chi connectivity index (χ0v) is 24.7. The molecule has 8 nitrogen and oxygen atoms in total. The predicted octanol–water partition coefficient (Wildman–Crippen LogP) is 4.10. The second-order valence-corrected chi connectivity index (χ2v) is 12.1. The van der Waals surface area contributed by atoms with Crippen LogP contribution in [0.1, 0.15) is 40.7 Å². The van der Waals surface area contributed by atoms with Crippen LogP contribution in [-0.2, 0) is 10.3 Å². The smallest absolute Gasteiger partial charge is 0.252 e. The fourth-order valence-corrected chi connectivity index (χ4v) is 6.33. The number of aryl methyl sites for hydroxylation is 1. The monoisotopic (exact) mass is 576 g/mol. The highest BCUT2D eigenvalue weighted by molar-refractivity contribution is 6.11. The third kappa shape index (κ3) is 5.28. The van der Waals surface area contributed by atoms with Gasteiger partial charge in [-0.2, -0.15) is 0 Å². The van der Waals surface area contributed by atoms with Crippen molar-refractivity contribution >= 4 is 32.7 Å². The molecule has 213 valence electrons. The highest BCUT2D eigenvalue weighted by Gasteiger charge is 2.47. The number of ether oxygens (including phenoxy) is 2. The molecule has 9 heteroatoms. The van der Waals surface area contributed by atoms with Crippen molar-refractivity contribution < 1.29 is 14.3 Å². The van der Waals surface area contributed by atoms with Crippen molar-refractivity contribution in [3.05, 3.63) is 83.8 Å². The Morgan fingerprint density at radius 1 is 1.14 bits per heavy atom. The molecule has 3 fully saturated rings. The lowest BCUT2D eigenvalue weighted by Crippen LogP contribution is -2.53. The van der Waals surface area contributed by atoms with Crippen molar-refractivity contribution in [2.24, 2.45) is 0 Å². The summed E-state index contributed by atoms with van der Waals surface area (Å²) >= 11 is 0. The lowest BCUT2D eigenvalue weighted by atomic mass is 9.93. The number of anilines is 1. The molecule has 4 heterocycles. The molecule has 0 bridgehead atoms. The lowest BCUT2D eigenvalue weighted by molar-refractivity contribution is 0.0929. The van der Waals surface area contributed by atoms with Crippen LogP contribution in [0.3, 0.4) is 0 Å². The average Bonchev–Trinajstić information content (AvgIpc) is 3.77. The van der Waals surface area contributed by atoms with Gasteiger partial charge in [0.25, 0.3) is 5.91 Å². The number of pyridine rings is 2. The number of amides is 1. The molecule has 4 aromatic rings. The molecule has 1 aliphatic carbocycles. The fraction of sp³-hybridized carbons (Fsp3) is 0.364. The zero-order valence-electron chi connectivity index (χ0n) is 23.7. The van der Waals surface area contributed by atoms with Crippen molar-refractivity contribution in [2.45, 2.75) is 43.5 Å². The summed E-state index contributed by atoms with van der Waals surface area (Å²) in [6.07, 6.45) is 8.43. The predicted molar refractivity (Wildman–Crippen MR) is 164 cm³/mol. The quantitative estimate of drug-likeness (QED) is 0.306. The summed E-state index contributed by atoms with van der Waals surface area (Å²) in [5.41, 5.74) is 6.08. The van der Waals surface area contributed by atoms with Crippen LogP contribution in [0.15, 0.2) is 67.1 Å². The van der Waals surface area contributed by atoms with E-state index >= 15 is 0 Å². The van der Waals surface area contributed by atoms with Crippen molar-refractivity contribution in [1.29, 1.82) is 0 Å². The average molecular weight is 577 g/mol. The van der Waals surface area contributed by atoms with E-state index in [0.717, 1.165) is 91.0 Å². The molecule has 2 N–H and O–H groups in total. The summed E-state index contributed by atoms with van der Waals surface area (Å²) in [7, 11) is 3.69. The third-order valence-corrected chi connectivity index (χ3v) is 9.24. The van der Waals surface area contributed by atoms with E-state index in [9.17, 15) is 4.79 Å². The van der Waals surface area contributed by atoms with E-state index in [0.29, 0.717) is 11.3 Å². The van der Waals surface area contributed by atoms with Gasteiger partial charge in [0.15, 0.2) is 0 Å². The van der Waals surface area contributed by atoms with Crippen LogP contribution >= 0.6 is 0 Å². The minimum Gasteiger partial charge on any atom is -0.493 e. The van der Waals surface area contributed by atoms with E-state index in [2.05, 4.69) is 55.0 Å². The first-order chi connectivity index (χ1) is 20.5. The van der Waals surface area contributed by atoms with Gasteiger partial charge in [0, 0.05) is 48.0 Å². The van der Waals surface area contributed by atoms with Gasteiger partial charge in [-0.15, -0.1) is 0 Å². The summed E-state index contributed by atoms with van der Waals surface area (Å²) in [4.78, 5) is 25.4. The Kier molecular flexibility index (Phi) is 7.17. The van der Waals surface area contributed by atoms with Gasteiger partial charge in [0.05, 0.1) is 52.1 Å². The van der Waals surface area contributed by atoms with Crippen molar-refractivity contribution in [2.75, 3.05) is 37.7 Å². The molecular formula is C33H34N5O3Si. The van der Waals surface area contributed by atoms with Crippen molar-refractivity contribution in [3.8, 4) is 16.9 Å². The summed E-state index contributed by atoms with van der Waals surface area (Å²) in [5.74, 6) is 0.578. The normalized spacial score (nSPS) is 20.0. The number of nitrogens with zero attached hydrogens (tertiary/aromatic N) is 3. The maximum Gasteiger partial charge on any atom is 0.252 e. The number of aromatic nitrogens is 2. The Labute approximate surface area is 249 Å². The molecule has 2 aromatic carbocycles. The highest BCUT2D eigenvalue weighted by atomic mass is 28.1. The van der Waals surface area contributed by atoms with E-state index in [-0.39, 0.29) is 17.7 Å². The van der Waals surface area contributed by atoms with Crippen molar-refractivity contribution in [1.82, 2.24) is 20.6 Å². The van der Waals surface area contributed by atoms with Crippen molar-refractivity contribution in [3.63, 3.8) is 0 Å². The number of carbonyl (C=O) groups excluding carboxylic acids is 1. The van der Waals surface area contributed by atoms with E-state index < -0.39 is 5.54 Å². The summed E-state index contributed by atoms with van der Waals surface area (Å²) in [5, 5.41) is 7.82. The number of hydrogen-bond donors (Lipinski definition) is 2. The Hall–Kier alpha value is -3.79. The van der Waals surface area contributed by atoms with E-state index in [1.165, 1.54) is 0 Å². The van der Waals surface area contributed by atoms with Crippen LogP contribution in [0.2, 0.25) is 0 Å². The number of rotatable bonds is 8. The fourth-order valence-electron chi connectivity index (χ4n) is 5.91. The number of benzene rings is 2. The van der Waals surface area contributed by atoms with Gasteiger partial charge < -0.3 is 25.0 Å². The first-order valence-electron chi connectivity index (χ1n) is 14.7. The van der Waals surface area contributed by atoms with Crippen LogP contribution < -0.4 is 20.3 Å². The molecule has 7 rings (SSSR count). The molecule has 3 radical (unpaired) electrons. The van der Waals surface area contributed by atoms with Crippen LogP contribution in [0, 0.1) is 6.92 Å². The number of carbonyl (C=O) groups is 1. The van der Waals surface area contributed by atoms with Crippen LogP contribution in [-0.4, -0.2) is 70.7 Å². The Balaban J connectivity index is 1.19. The standard InChI is InChI=1S/C33H34N5O3Si/c1-21-4-5-25(41-32(42)29-6-10-36-29)18-27(21)31(39)37-33(7-8-33)28-16-22(17-30-26(28)3-2-9-35-30)23-15-24(20-34-19-23)38-11-13-40-14-12-38/h2-5,9,15-20,29,32,36H,6-8,10-14H2,1H3,(H,37,39)/t29-,32?/m0/s1. The number of fused-ring (bicyclic) bond motifs is 1. The maximum atomic E-state index is 13.8. The van der Waals surface area contributed by atoms with Gasteiger partial charge in [-0.25, -0.2) is 0 Å². The SMILES string of the molecule is Cc1ccc(OC([Si])[C@@H]2CCN2)cc1C(=O)NC1(c2cc(-c3cncc(N4CCOCC4)c3)cc3ncccc23)CC1. The molecule has 3 aliphatic rings. The maximum absolute atomic E-state index is 13.8. The van der Waals surface area contributed by atoms with Gasteiger partial charge in [-0.1, -0.05) is 12.1 Å². The first-order valence-corrected chi connectivity index (χ1v) is 15.3. The lowest BCUT2D eigenvalue weighted by Gasteiger charge is -2.33. The zero-order chi connectivity index (χ0) is 28.7. The minimum absolute atomic E-state index is 0.0962. The molecule has 1 unspecified atom stereocenters. The van der Waals surface area contributed by atoms with Crippen LogP contribution in [0.5, 0.6) is 5.75 Å². The largest absolute Gasteiger partial charge is 0.493 e. The first kappa shape index (κ1) is 27.1. The second kappa shape index (κ2) is 11.1. The molecule has 0 spiro atoms. The molecule has 2 aromatic heterocycles. The number of morpholine rings is 1. The Bertz CT molecular complexity index is 1630. The van der Waals surface area contributed by atoms with Gasteiger partial charge in [-0.3, -0.25) is 14.8 Å². The summed E-state index contributed by atoms with van der Waals surface area (Å²) in [6.45, 7) is 6.11. The van der Waals surface area contributed by atoms with Gasteiger partial charge >= 0.3 is 0 Å². The molecule has 2 atom stereocenters. The second-order valence-electron chi connectivity index (χ2n) is 11.5. The van der Waals surface area contributed by atoms with E-state index in [1.54, 1.807) is 0 Å². The topological polar surface area (TPSA) is 88.6 Å². The molecular weight excluding hydrogens is 542 g/mol. The van der Waals surface area contributed by atoms with Gasteiger partial charge in [-0.05, 0) is 85.8 Å². The highest BCUT2D eigenvalue weighted by Crippen LogP contribution is 2.49. The number of nitrogens with one attached hydrogen (secondary N) is 2. The van der Waals surface area contributed by atoms with Crippen LogP contribution in [0.4, 0.5) is 5.69 Å². The number of hydrogen-bond acceptors (Lipinski definition) is 7. The summed E-state index contributed by atoms with van der Waals surface area (Å²) < 4.78 is 11.7. The molecule has 1 amide bonds. The molecule has 42 heavy (non-hydrogen) atoms.